The van der Waals surface area contributed by atoms with Gasteiger partial charge in [0.05, 0.1) is 25.1 Å². The summed E-state index contributed by atoms with van der Waals surface area (Å²) in [5.41, 5.74) is 15.2. The van der Waals surface area contributed by atoms with Crippen LogP contribution in [-0.4, -0.2) is 40.2 Å². The fraction of sp³-hybridized carbons (Fsp3) is 0.219. The zero-order valence-electron chi connectivity index (χ0n) is 23.1. The number of fused-ring (bicyclic) bond motifs is 1. The average Bonchev–Trinajstić information content (AvgIpc) is 3.70. The van der Waals surface area contributed by atoms with Crippen molar-refractivity contribution in [2.24, 2.45) is 5.73 Å². The number of nitrogens with zero attached hydrogens (tertiary/aromatic N) is 2. The fourth-order valence-electron chi connectivity index (χ4n) is 5.27. The van der Waals surface area contributed by atoms with Gasteiger partial charge in [0, 0.05) is 40.4 Å². The maximum Gasteiger partial charge on any atom is 0.249 e. The van der Waals surface area contributed by atoms with Crippen LogP contribution < -0.4 is 21.5 Å². The van der Waals surface area contributed by atoms with Crippen LogP contribution in [0.1, 0.15) is 46.7 Å². The Morgan fingerprint density at radius 2 is 2.05 bits per heavy atom. The SMILES string of the molecule is CCc1cc(OC2CCOC2)c(F)c(C(Nc2ccc3c(N)nccc3c2)c2ncc(-c3ccccc3C(N)=O)[nH]2)c1. The molecule has 0 saturated carbocycles. The summed E-state index contributed by atoms with van der Waals surface area (Å²) in [5, 5.41) is 5.17. The Bertz CT molecular complexity index is 1770. The Hall–Kier alpha value is -4.96. The van der Waals surface area contributed by atoms with Gasteiger partial charge in [-0.2, -0.15) is 0 Å². The fourth-order valence-corrected chi connectivity index (χ4v) is 5.27. The predicted octanol–water partition coefficient (Wildman–Crippen LogP) is 5.38. The first kappa shape index (κ1) is 27.2. The minimum Gasteiger partial charge on any atom is -0.485 e. The number of imidazole rings is 1. The number of benzene rings is 3. The van der Waals surface area contributed by atoms with Crippen molar-refractivity contribution in [2.75, 3.05) is 24.3 Å². The van der Waals surface area contributed by atoms with Crippen LogP contribution in [0.5, 0.6) is 5.75 Å². The Morgan fingerprint density at radius 1 is 1.19 bits per heavy atom. The molecule has 1 aliphatic rings. The molecule has 2 unspecified atom stereocenters. The van der Waals surface area contributed by atoms with Crippen molar-refractivity contribution in [3.63, 3.8) is 0 Å². The van der Waals surface area contributed by atoms with Crippen LogP contribution in [0.4, 0.5) is 15.9 Å². The number of amides is 1. The first-order valence-corrected chi connectivity index (χ1v) is 13.8. The molecule has 1 aliphatic heterocycles. The molecule has 214 valence electrons. The number of hydrogen-bond donors (Lipinski definition) is 4. The van der Waals surface area contributed by atoms with Crippen LogP contribution in [-0.2, 0) is 11.2 Å². The zero-order valence-corrected chi connectivity index (χ0v) is 23.1. The van der Waals surface area contributed by atoms with Gasteiger partial charge in [-0.3, -0.25) is 4.79 Å². The molecule has 3 heterocycles. The molecule has 1 fully saturated rings. The van der Waals surface area contributed by atoms with Crippen LogP contribution in [0, 0.1) is 5.82 Å². The zero-order chi connectivity index (χ0) is 29.2. The highest BCUT2D eigenvalue weighted by Crippen LogP contribution is 2.36. The van der Waals surface area contributed by atoms with Crippen molar-refractivity contribution in [2.45, 2.75) is 31.9 Å². The van der Waals surface area contributed by atoms with E-state index in [9.17, 15) is 4.79 Å². The largest absolute Gasteiger partial charge is 0.485 e. The summed E-state index contributed by atoms with van der Waals surface area (Å²) in [5.74, 6) is 0.0107. The number of aryl methyl sites for hydroxylation is 1. The van der Waals surface area contributed by atoms with E-state index >= 15 is 4.39 Å². The van der Waals surface area contributed by atoms with Gasteiger partial charge in [-0.15, -0.1) is 0 Å². The molecule has 6 N–H and O–H groups in total. The molecule has 6 rings (SSSR count). The number of nitrogens with two attached hydrogens (primary N) is 2. The van der Waals surface area contributed by atoms with Crippen molar-refractivity contribution in [1.82, 2.24) is 15.0 Å². The summed E-state index contributed by atoms with van der Waals surface area (Å²) in [6.07, 6.45) is 4.42. The summed E-state index contributed by atoms with van der Waals surface area (Å²) in [6, 6.07) is 17.4. The third-order valence-corrected chi connectivity index (χ3v) is 7.49. The second-order valence-corrected chi connectivity index (χ2v) is 10.3. The lowest BCUT2D eigenvalue weighted by Gasteiger charge is -2.23. The highest BCUT2D eigenvalue weighted by Gasteiger charge is 2.27. The normalized spacial score (nSPS) is 15.5. The van der Waals surface area contributed by atoms with Gasteiger partial charge in [0.1, 0.15) is 23.8 Å². The summed E-state index contributed by atoms with van der Waals surface area (Å²) in [7, 11) is 0. The van der Waals surface area contributed by atoms with E-state index in [2.05, 4.69) is 20.3 Å². The summed E-state index contributed by atoms with van der Waals surface area (Å²) >= 11 is 0. The molecule has 5 aromatic rings. The molecule has 10 heteroatoms. The lowest BCUT2D eigenvalue weighted by Crippen LogP contribution is -2.20. The molecular weight excluding hydrogens is 535 g/mol. The molecule has 2 atom stereocenters. The monoisotopic (exact) mass is 566 g/mol. The van der Waals surface area contributed by atoms with Crippen molar-refractivity contribution >= 4 is 28.2 Å². The summed E-state index contributed by atoms with van der Waals surface area (Å²) in [4.78, 5) is 24.2. The van der Waals surface area contributed by atoms with Crippen molar-refractivity contribution in [1.29, 1.82) is 0 Å². The number of pyridine rings is 1. The predicted molar refractivity (Wildman–Crippen MR) is 160 cm³/mol. The summed E-state index contributed by atoms with van der Waals surface area (Å²) in [6.45, 7) is 3.01. The van der Waals surface area contributed by atoms with Crippen LogP contribution in [0.25, 0.3) is 22.0 Å². The number of carbonyl (C=O) groups excluding carboxylic acids is 1. The molecule has 0 bridgehead atoms. The maximum absolute atomic E-state index is 16.4. The first-order valence-electron chi connectivity index (χ1n) is 13.8. The Morgan fingerprint density at radius 3 is 2.83 bits per heavy atom. The van der Waals surface area contributed by atoms with E-state index in [-0.39, 0.29) is 11.9 Å². The molecule has 2 aromatic heterocycles. The van der Waals surface area contributed by atoms with Crippen LogP contribution in [0.3, 0.4) is 0 Å². The third-order valence-electron chi connectivity index (χ3n) is 7.49. The van der Waals surface area contributed by atoms with Crippen LogP contribution in [0.15, 0.2) is 73.1 Å². The van der Waals surface area contributed by atoms with Gasteiger partial charge < -0.3 is 31.2 Å². The number of ether oxygens (including phenoxy) is 2. The van der Waals surface area contributed by atoms with Gasteiger partial charge >= 0.3 is 0 Å². The highest BCUT2D eigenvalue weighted by molar-refractivity contribution is 5.99. The van der Waals surface area contributed by atoms with Crippen LogP contribution >= 0.6 is 0 Å². The minimum absolute atomic E-state index is 0.176. The van der Waals surface area contributed by atoms with Gasteiger partial charge in [0.25, 0.3) is 0 Å². The highest BCUT2D eigenvalue weighted by atomic mass is 19.1. The Labute approximate surface area is 242 Å². The topological polar surface area (TPSA) is 141 Å². The minimum atomic E-state index is -0.746. The number of anilines is 2. The number of nitrogen functional groups attached to an aromatic ring is 1. The lowest BCUT2D eigenvalue weighted by atomic mass is 9.99. The van der Waals surface area contributed by atoms with Crippen LogP contribution in [0.2, 0.25) is 0 Å². The van der Waals surface area contributed by atoms with E-state index in [0.29, 0.717) is 60.1 Å². The second-order valence-electron chi connectivity index (χ2n) is 10.3. The molecule has 1 amide bonds. The van der Waals surface area contributed by atoms with E-state index < -0.39 is 17.8 Å². The van der Waals surface area contributed by atoms with Gasteiger partial charge in [-0.05, 0) is 53.8 Å². The van der Waals surface area contributed by atoms with Gasteiger partial charge in [0.15, 0.2) is 11.6 Å². The number of H-pyrrole nitrogens is 1. The molecule has 0 aliphatic carbocycles. The van der Waals surface area contributed by atoms with E-state index in [4.69, 9.17) is 20.9 Å². The lowest BCUT2D eigenvalue weighted by molar-refractivity contribution is 0.100. The molecule has 42 heavy (non-hydrogen) atoms. The maximum atomic E-state index is 16.4. The van der Waals surface area contributed by atoms with E-state index in [1.807, 2.05) is 43.3 Å². The number of hydrogen-bond acceptors (Lipinski definition) is 7. The van der Waals surface area contributed by atoms with E-state index in [1.165, 1.54) is 0 Å². The van der Waals surface area contributed by atoms with E-state index in [0.717, 1.165) is 22.0 Å². The second kappa shape index (κ2) is 11.5. The average molecular weight is 567 g/mol. The number of nitrogens with one attached hydrogen (secondary N) is 2. The Kier molecular flexibility index (Phi) is 7.45. The van der Waals surface area contributed by atoms with Gasteiger partial charge in [-0.25, -0.2) is 14.4 Å². The smallest absolute Gasteiger partial charge is 0.249 e. The molecular formula is C32H31FN6O3. The molecule has 0 radical (unpaired) electrons. The molecule has 1 saturated heterocycles. The first-order chi connectivity index (χ1) is 20.4. The number of carbonyl (C=O) groups is 1. The third kappa shape index (κ3) is 5.36. The van der Waals surface area contributed by atoms with E-state index in [1.54, 1.807) is 36.7 Å². The standard InChI is InChI=1S/C32H31FN6O3/c1-2-18-13-25(28(33)27(14-18)42-21-10-12-41-17-21)29(38-20-7-8-22-19(15-20)9-11-36-30(22)34)32-37-16-26(39-32)23-5-3-4-6-24(23)31(35)40/h3-9,11,13-16,21,29,38H,2,10,12,17H2,1H3,(H2,34,36)(H2,35,40)(H,37,39). The Balaban J connectivity index is 1.46. The van der Waals surface area contributed by atoms with Crippen molar-refractivity contribution in [3.05, 3.63) is 101 Å². The molecule has 9 nitrogen and oxygen atoms in total. The van der Waals surface area contributed by atoms with Crippen molar-refractivity contribution < 1.29 is 18.7 Å². The number of primary amides is 1. The summed E-state index contributed by atoms with van der Waals surface area (Å²) < 4.78 is 27.9. The van der Waals surface area contributed by atoms with Gasteiger partial charge in [0.2, 0.25) is 5.91 Å². The quantitative estimate of drug-likeness (QED) is 0.188. The van der Waals surface area contributed by atoms with Gasteiger partial charge in [-0.1, -0.05) is 31.2 Å². The number of aromatic nitrogens is 3. The number of halogens is 1. The molecule has 3 aromatic carbocycles. The number of aromatic amines is 1. The molecule has 0 spiro atoms. The van der Waals surface area contributed by atoms with Crippen molar-refractivity contribution in [3.8, 4) is 17.0 Å². The number of rotatable bonds is 9.